The normalized spacial score (nSPS) is 11.2. The number of hydrogen-bond acceptors (Lipinski definition) is 4. The van der Waals surface area contributed by atoms with Crippen LogP contribution in [0.4, 0.5) is 5.69 Å². The lowest BCUT2D eigenvalue weighted by molar-refractivity contribution is -0.137. The van der Waals surface area contributed by atoms with Gasteiger partial charge in [0.2, 0.25) is 0 Å². The van der Waals surface area contributed by atoms with Crippen molar-refractivity contribution in [1.29, 1.82) is 0 Å². The second-order valence-corrected chi connectivity index (χ2v) is 6.09. The van der Waals surface area contributed by atoms with E-state index in [9.17, 15) is 13.2 Å². The Hall–Kier alpha value is -1.56. The van der Waals surface area contributed by atoms with Gasteiger partial charge in [0.1, 0.15) is 0 Å². The van der Waals surface area contributed by atoms with Crippen molar-refractivity contribution in [2.75, 3.05) is 18.1 Å². The molecule has 2 N–H and O–H groups in total. The third-order valence-corrected chi connectivity index (χ3v) is 3.56. The summed E-state index contributed by atoms with van der Waals surface area (Å²) in [5.41, 5.74) is 0.831. The highest BCUT2D eigenvalue weighted by atomic mass is 32.2. The molecule has 0 fully saturated rings. The van der Waals surface area contributed by atoms with Crippen molar-refractivity contribution in [2.24, 2.45) is 0 Å². The van der Waals surface area contributed by atoms with Crippen LogP contribution in [-0.4, -0.2) is 32.3 Å². The van der Waals surface area contributed by atoms with Crippen LogP contribution in [-0.2, 0) is 14.6 Å². The monoisotopic (exact) mass is 271 g/mol. The Morgan fingerprint density at radius 2 is 1.83 bits per heavy atom. The van der Waals surface area contributed by atoms with Gasteiger partial charge in [0.25, 0.3) is 0 Å². The minimum atomic E-state index is -3.15. The van der Waals surface area contributed by atoms with Gasteiger partial charge in [0.05, 0.1) is 4.90 Å². The fourth-order valence-corrected chi connectivity index (χ4v) is 2.08. The van der Waals surface area contributed by atoms with Crippen LogP contribution in [0, 0.1) is 0 Å². The summed E-state index contributed by atoms with van der Waals surface area (Å²) in [6.45, 7) is 0.672. The molecule has 1 rings (SSSR count). The first-order chi connectivity index (χ1) is 8.39. The molecule has 0 amide bonds. The van der Waals surface area contributed by atoms with E-state index in [0.29, 0.717) is 17.9 Å². The number of benzene rings is 1. The average Bonchev–Trinajstić information content (AvgIpc) is 2.27. The van der Waals surface area contributed by atoms with Crippen molar-refractivity contribution >= 4 is 21.5 Å². The van der Waals surface area contributed by atoms with Gasteiger partial charge in [-0.1, -0.05) is 0 Å². The molecule has 6 heteroatoms. The lowest BCUT2D eigenvalue weighted by Crippen LogP contribution is -2.03. The highest BCUT2D eigenvalue weighted by Gasteiger charge is 2.05. The van der Waals surface area contributed by atoms with Crippen LogP contribution >= 0.6 is 0 Å². The number of sulfone groups is 1. The quantitative estimate of drug-likeness (QED) is 0.738. The molecule has 18 heavy (non-hydrogen) atoms. The Kier molecular flexibility index (Phi) is 5.15. The van der Waals surface area contributed by atoms with E-state index in [4.69, 9.17) is 5.11 Å². The number of anilines is 1. The number of unbranched alkanes of at least 4 members (excludes halogenated alkanes) is 1. The number of carboxylic acids is 1. The summed E-state index contributed by atoms with van der Waals surface area (Å²) in [6, 6.07) is 6.50. The van der Waals surface area contributed by atoms with Crippen LogP contribution in [0.5, 0.6) is 0 Å². The minimum absolute atomic E-state index is 0.175. The van der Waals surface area contributed by atoms with E-state index in [-0.39, 0.29) is 6.42 Å². The molecular weight excluding hydrogens is 254 g/mol. The van der Waals surface area contributed by atoms with E-state index < -0.39 is 15.8 Å². The molecule has 0 unspecified atom stereocenters. The predicted octanol–water partition coefficient (Wildman–Crippen LogP) is 1.76. The molecule has 0 bridgehead atoms. The van der Waals surface area contributed by atoms with Gasteiger partial charge >= 0.3 is 5.97 Å². The van der Waals surface area contributed by atoms with E-state index in [1.165, 1.54) is 6.26 Å². The maximum absolute atomic E-state index is 11.2. The standard InChI is InChI=1S/C12H17NO4S/c1-18(16,17)11-7-5-10(6-8-11)13-9-3-2-4-12(14)15/h5-8,13H,2-4,9H2,1H3,(H,14,15). The number of aliphatic carboxylic acids is 1. The first-order valence-electron chi connectivity index (χ1n) is 5.65. The molecule has 0 atom stereocenters. The fraction of sp³-hybridized carbons (Fsp3) is 0.417. The molecular formula is C12H17NO4S. The molecule has 0 aromatic heterocycles. The summed E-state index contributed by atoms with van der Waals surface area (Å²) in [7, 11) is -3.15. The van der Waals surface area contributed by atoms with Crippen molar-refractivity contribution in [3.63, 3.8) is 0 Å². The zero-order valence-electron chi connectivity index (χ0n) is 10.2. The molecule has 100 valence electrons. The van der Waals surface area contributed by atoms with Gasteiger partial charge in [0.15, 0.2) is 9.84 Å². The van der Waals surface area contributed by atoms with Gasteiger partial charge < -0.3 is 10.4 Å². The van der Waals surface area contributed by atoms with Crippen molar-refractivity contribution in [2.45, 2.75) is 24.2 Å². The zero-order valence-corrected chi connectivity index (χ0v) is 11.0. The molecule has 1 aromatic rings. The lowest BCUT2D eigenvalue weighted by atomic mass is 10.2. The smallest absolute Gasteiger partial charge is 0.303 e. The number of nitrogens with one attached hydrogen (secondary N) is 1. The van der Waals surface area contributed by atoms with E-state index in [1.54, 1.807) is 24.3 Å². The van der Waals surface area contributed by atoms with Crippen molar-refractivity contribution in [1.82, 2.24) is 0 Å². The van der Waals surface area contributed by atoms with E-state index in [0.717, 1.165) is 12.1 Å². The molecule has 0 aliphatic carbocycles. The predicted molar refractivity (Wildman–Crippen MR) is 69.5 cm³/mol. The Balaban J connectivity index is 2.38. The van der Waals surface area contributed by atoms with E-state index in [2.05, 4.69) is 5.32 Å². The molecule has 0 saturated heterocycles. The summed E-state index contributed by atoms with van der Waals surface area (Å²) in [5, 5.41) is 11.6. The molecule has 0 aliphatic heterocycles. The molecule has 0 radical (unpaired) electrons. The third kappa shape index (κ3) is 5.18. The lowest BCUT2D eigenvalue weighted by Gasteiger charge is -2.06. The van der Waals surface area contributed by atoms with Gasteiger partial charge in [-0.3, -0.25) is 4.79 Å². The van der Waals surface area contributed by atoms with Crippen molar-refractivity contribution in [3.05, 3.63) is 24.3 Å². The second-order valence-electron chi connectivity index (χ2n) is 4.07. The Labute approximate surface area is 107 Å². The van der Waals surface area contributed by atoms with Crippen LogP contribution in [0.15, 0.2) is 29.2 Å². The first-order valence-corrected chi connectivity index (χ1v) is 7.54. The van der Waals surface area contributed by atoms with E-state index >= 15 is 0 Å². The fourth-order valence-electron chi connectivity index (χ4n) is 1.45. The number of carboxylic acid groups (broad SMARTS) is 1. The van der Waals surface area contributed by atoms with Crippen LogP contribution in [0.25, 0.3) is 0 Å². The minimum Gasteiger partial charge on any atom is -0.481 e. The SMILES string of the molecule is CS(=O)(=O)c1ccc(NCCCCC(=O)O)cc1. The summed E-state index contributed by atoms with van der Waals surface area (Å²) < 4.78 is 22.5. The maximum atomic E-state index is 11.2. The Morgan fingerprint density at radius 3 is 2.33 bits per heavy atom. The van der Waals surface area contributed by atoms with Crippen LogP contribution in [0.1, 0.15) is 19.3 Å². The van der Waals surface area contributed by atoms with Gasteiger partial charge in [-0.15, -0.1) is 0 Å². The molecule has 0 heterocycles. The topological polar surface area (TPSA) is 83.5 Å². The highest BCUT2D eigenvalue weighted by molar-refractivity contribution is 7.90. The van der Waals surface area contributed by atoms with Crippen LogP contribution < -0.4 is 5.32 Å². The Bertz CT molecular complexity index is 493. The summed E-state index contributed by atoms with van der Waals surface area (Å²) >= 11 is 0. The molecule has 0 aliphatic rings. The second kappa shape index (κ2) is 6.39. The number of carbonyl (C=O) groups is 1. The summed E-state index contributed by atoms with van der Waals surface area (Å²) in [6.07, 6.45) is 2.74. The van der Waals surface area contributed by atoms with E-state index in [1.807, 2.05) is 0 Å². The molecule has 1 aromatic carbocycles. The number of hydrogen-bond donors (Lipinski definition) is 2. The summed E-state index contributed by atoms with van der Waals surface area (Å²) in [5.74, 6) is -0.785. The highest BCUT2D eigenvalue weighted by Crippen LogP contribution is 2.13. The molecule has 0 saturated carbocycles. The van der Waals surface area contributed by atoms with Crippen LogP contribution in [0.2, 0.25) is 0 Å². The number of rotatable bonds is 7. The van der Waals surface area contributed by atoms with Gasteiger partial charge in [-0.05, 0) is 37.1 Å². The maximum Gasteiger partial charge on any atom is 0.303 e. The average molecular weight is 271 g/mol. The van der Waals surface area contributed by atoms with Crippen molar-refractivity contribution in [3.8, 4) is 0 Å². The van der Waals surface area contributed by atoms with Gasteiger partial charge in [-0.25, -0.2) is 8.42 Å². The van der Waals surface area contributed by atoms with Crippen LogP contribution in [0.3, 0.4) is 0 Å². The molecule has 5 nitrogen and oxygen atoms in total. The van der Waals surface area contributed by atoms with Gasteiger partial charge in [0, 0.05) is 24.9 Å². The first kappa shape index (κ1) is 14.5. The summed E-state index contributed by atoms with van der Waals surface area (Å²) in [4.78, 5) is 10.6. The Morgan fingerprint density at radius 1 is 1.22 bits per heavy atom. The molecule has 0 spiro atoms. The zero-order chi connectivity index (χ0) is 13.6. The van der Waals surface area contributed by atoms with Crippen molar-refractivity contribution < 1.29 is 18.3 Å². The third-order valence-electron chi connectivity index (χ3n) is 2.43. The van der Waals surface area contributed by atoms with Gasteiger partial charge in [-0.2, -0.15) is 0 Å². The largest absolute Gasteiger partial charge is 0.481 e.